The Kier molecular flexibility index (Phi) is 5.90. The average Bonchev–Trinajstić information content (AvgIpc) is 3.25. The van der Waals surface area contributed by atoms with E-state index in [1.165, 1.54) is 25.0 Å². The highest BCUT2D eigenvalue weighted by Crippen LogP contribution is 2.30. The summed E-state index contributed by atoms with van der Waals surface area (Å²) in [6.45, 7) is 4.34. The Labute approximate surface area is 138 Å². The smallest absolute Gasteiger partial charge is 0.270 e. The molecule has 1 saturated carbocycles. The number of benzene rings is 1. The molecule has 120 valence electrons. The summed E-state index contributed by atoms with van der Waals surface area (Å²) in [4.78, 5) is 24.6. The first-order valence-corrected chi connectivity index (χ1v) is 8.25. The number of nitro benzene ring substituents is 1. The third-order valence-corrected chi connectivity index (χ3v) is 4.21. The van der Waals surface area contributed by atoms with E-state index in [4.69, 9.17) is 0 Å². The van der Waals surface area contributed by atoms with Crippen molar-refractivity contribution < 1.29 is 9.72 Å². The summed E-state index contributed by atoms with van der Waals surface area (Å²) in [5.41, 5.74) is 0.546. The molecule has 0 heterocycles. The molecule has 22 heavy (non-hydrogen) atoms. The monoisotopic (exact) mass is 369 g/mol. The molecule has 0 aliphatic heterocycles. The Morgan fingerprint density at radius 2 is 2.23 bits per heavy atom. The normalized spacial score (nSPS) is 14.1. The summed E-state index contributed by atoms with van der Waals surface area (Å²) in [7, 11) is 0. The molecule has 1 amide bonds. The number of nitro groups is 1. The van der Waals surface area contributed by atoms with Gasteiger partial charge in [-0.15, -0.1) is 0 Å². The van der Waals surface area contributed by atoms with Gasteiger partial charge in [0.15, 0.2) is 0 Å². The highest BCUT2D eigenvalue weighted by molar-refractivity contribution is 9.10. The van der Waals surface area contributed by atoms with Gasteiger partial charge in [-0.25, -0.2) is 0 Å². The van der Waals surface area contributed by atoms with Crippen LogP contribution < -0.4 is 5.32 Å². The Hall–Kier alpha value is -1.47. The van der Waals surface area contributed by atoms with Crippen molar-refractivity contribution in [3.63, 3.8) is 0 Å². The van der Waals surface area contributed by atoms with Crippen molar-refractivity contribution in [2.24, 2.45) is 5.92 Å². The maximum Gasteiger partial charge on any atom is 0.270 e. The minimum Gasteiger partial charge on any atom is -0.324 e. The van der Waals surface area contributed by atoms with Crippen molar-refractivity contribution in [1.82, 2.24) is 4.90 Å². The minimum absolute atomic E-state index is 0.00813. The number of rotatable bonds is 8. The number of amides is 1. The zero-order valence-corrected chi connectivity index (χ0v) is 14.1. The number of halogens is 1. The number of carbonyl (C=O) groups excluding carboxylic acids is 1. The number of hydrogen-bond acceptors (Lipinski definition) is 4. The zero-order valence-electron chi connectivity index (χ0n) is 12.5. The van der Waals surface area contributed by atoms with Gasteiger partial charge in [-0.3, -0.25) is 19.8 Å². The van der Waals surface area contributed by atoms with Crippen LogP contribution in [-0.2, 0) is 4.79 Å². The molecular formula is C15H20BrN3O3. The van der Waals surface area contributed by atoms with Crippen molar-refractivity contribution in [1.29, 1.82) is 0 Å². The fraction of sp³-hybridized carbons (Fsp3) is 0.533. The lowest BCUT2D eigenvalue weighted by atomic mass is 10.2. The van der Waals surface area contributed by atoms with Crippen LogP contribution in [0.2, 0.25) is 0 Å². The van der Waals surface area contributed by atoms with Crippen LogP contribution in [0.4, 0.5) is 11.4 Å². The summed E-state index contributed by atoms with van der Waals surface area (Å²) < 4.78 is 0.513. The molecule has 0 spiro atoms. The SMILES string of the molecule is CCCN(CC(=O)Nc1ccc([N+](=O)[O-])cc1Br)CC1CC1. The molecule has 1 N–H and O–H groups in total. The van der Waals surface area contributed by atoms with Crippen LogP contribution in [0.15, 0.2) is 22.7 Å². The van der Waals surface area contributed by atoms with Crippen molar-refractivity contribution >= 4 is 33.2 Å². The maximum absolute atomic E-state index is 12.2. The van der Waals surface area contributed by atoms with E-state index in [9.17, 15) is 14.9 Å². The molecule has 0 aromatic heterocycles. The molecule has 6 nitrogen and oxygen atoms in total. The lowest BCUT2D eigenvalue weighted by Crippen LogP contribution is -2.35. The van der Waals surface area contributed by atoms with E-state index >= 15 is 0 Å². The second kappa shape index (κ2) is 7.69. The number of non-ortho nitro benzene ring substituents is 1. The topological polar surface area (TPSA) is 75.5 Å². The molecule has 1 aromatic carbocycles. The van der Waals surface area contributed by atoms with E-state index in [2.05, 4.69) is 33.1 Å². The van der Waals surface area contributed by atoms with Gasteiger partial charge in [-0.1, -0.05) is 6.92 Å². The molecule has 1 fully saturated rings. The first kappa shape index (κ1) is 16.9. The zero-order chi connectivity index (χ0) is 16.1. The fourth-order valence-electron chi connectivity index (χ4n) is 2.33. The molecule has 0 unspecified atom stereocenters. The number of hydrogen-bond donors (Lipinski definition) is 1. The Morgan fingerprint density at radius 3 is 2.77 bits per heavy atom. The van der Waals surface area contributed by atoms with E-state index in [1.807, 2.05) is 0 Å². The van der Waals surface area contributed by atoms with Crippen LogP contribution >= 0.6 is 15.9 Å². The van der Waals surface area contributed by atoms with E-state index in [1.54, 1.807) is 6.07 Å². The molecule has 0 atom stereocenters. The highest BCUT2D eigenvalue weighted by Gasteiger charge is 2.25. The van der Waals surface area contributed by atoms with Crippen molar-refractivity contribution in [2.75, 3.05) is 25.0 Å². The molecule has 2 rings (SSSR count). The number of carbonyl (C=O) groups is 1. The van der Waals surface area contributed by atoms with E-state index in [0.717, 1.165) is 25.4 Å². The minimum atomic E-state index is -0.463. The van der Waals surface area contributed by atoms with Crippen molar-refractivity contribution in [3.05, 3.63) is 32.8 Å². The Balaban J connectivity index is 1.93. The van der Waals surface area contributed by atoms with E-state index < -0.39 is 4.92 Å². The van der Waals surface area contributed by atoms with Crippen molar-refractivity contribution in [2.45, 2.75) is 26.2 Å². The predicted molar refractivity (Wildman–Crippen MR) is 88.9 cm³/mol. The fourth-order valence-corrected chi connectivity index (χ4v) is 2.79. The van der Waals surface area contributed by atoms with Gasteiger partial charge in [0.05, 0.1) is 17.2 Å². The van der Waals surface area contributed by atoms with Crippen LogP contribution in [0.5, 0.6) is 0 Å². The summed E-state index contributed by atoms with van der Waals surface area (Å²) in [6, 6.07) is 4.32. The third-order valence-electron chi connectivity index (χ3n) is 3.56. The largest absolute Gasteiger partial charge is 0.324 e. The van der Waals surface area contributed by atoms with Crippen LogP contribution in [0.1, 0.15) is 26.2 Å². The van der Waals surface area contributed by atoms with Gasteiger partial charge in [0.1, 0.15) is 0 Å². The predicted octanol–water partition coefficient (Wildman–Crippen LogP) is 3.42. The lowest BCUT2D eigenvalue weighted by Gasteiger charge is -2.21. The molecule has 0 bridgehead atoms. The maximum atomic E-state index is 12.2. The van der Waals surface area contributed by atoms with Gasteiger partial charge in [0.2, 0.25) is 5.91 Å². The molecule has 1 aromatic rings. The van der Waals surface area contributed by atoms with E-state index in [0.29, 0.717) is 16.7 Å². The second-order valence-electron chi connectivity index (χ2n) is 5.65. The van der Waals surface area contributed by atoms with Gasteiger partial charge < -0.3 is 5.32 Å². The summed E-state index contributed by atoms with van der Waals surface area (Å²) >= 11 is 3.26. The number of nitrogens with one attached hydrogen (secondary N) is 1. The van der Waals surface area contributed by atoms with E-state index in [-0.39, 0.29) is 11.6 Å². The Bertz CT molecular complexity index is 561. The molecule has 0 saturated heterocycles. The second-order valence-corrected chi connectivity index (χ2v) is 6.50. The third kappa shape index (κ3) is 5.06. The average molecular weight is 370 g/mol. The van der Waals surface area contributed by atoms with Crippen LogP contribution in [0.3, 0.4) is 0 Å². The van der Waals surface area contributed by atoms with Gasteiger partial charge >= 0.3 is 0 Å². The lowest BCUT2D eigenvalue weighted by molar-refractivity contribution is -0.384. The molecular weight excluding hydrogens is 350 g/mol. The first-order valence-electron chi connectivity index (χ1n) is 7.45. The molecule has 7 heteroatoms. The standard InChI is InChI=1S/C15H20BrN3O3/c1-2-7-18(9-11-3-4-11)10-15(20)17-14-6-5-12(19(21)22)8-13(14)16/h5-6,8,11H,2-4,7,9-10H2,1H3,(H,17,20). The molecule has 1 aliphatic rings. The van der Waals surface area contributed by atoms with Crippen LogP contribution in [0.25, 0.3) is 0 Å². The van der Waals surface area contributed by atoms with Gasteiger partial charge in [-0.05, 0) is 53.7 Å². The van der Waals surface area contributed by atoms with Gasteiger partial charge in [0.25, 0.3) is 5.69 Å². The molecule has 1 aliphatic carbocycles. The quantitative estimate of drug-likeness (QED) is 0.562. The summed E-state index contributed by atoms with van der Waals surface area (Å²) in [6.07, 6.45) is 3.53. The summed E-state index contributed by atoms with van der Waals surface area (Å²) in [5, 5.41) is 13.5. The highest BCUT2D eigenvalue weighted by atomic mass is 79.9. The van der Waals surface area contributed by atoms with Crippen LogP contribution in [-0.4, -0.2) is 35.4 Å². The van der Waals surface area contributed by atoms with Gasteiger partial charge in [0, 0.05) is 23.2 Å². The van der Waals surface area contributed by atoms with Crippen LogP contribution in [0, 0.1) is 16.0 Å². The molecule has 0 radical (unpaired) electrons. The first-order chi connectivity index (χ1) is 10.5. The van der Waals surface area contributed by atoms with Gasteiger partial charge in [-0.2, -0.15) is 0 Å². The van der Waals surface area contributed by atoms with Crippen molar-refractivity contribution in [3.8, 4) is 0 Å². The number of nitrogens with zero attached hydrogens (tertiary/aromatic N) is 2. The Morgan fingerprint density at radius 1 is 1.50 bits per heavy atom. The summed E-state index contributed by atoms with van der Waals surface area (Å²) in [5.74, 6) is 0.647. The number of anilines is 1.